The molecule has 0 bridgehead atoms. The van der Waals surface area contributed by atoms with E-state index in [4.69, 9.17) is 4.74 Å². The maximum Gasteiger partial charge on any atom is 0.260 e. The van der Waals surface area contributed by atoms with Gasteiger partial charge in [-0.25, -0.2) is 0 Å². The van der Waals surface area contributed by atoms with Crippen molar-refractivity contribution in [3.63, 3.8) is 0 Å². The Labute approximate surface area is 109 Å². The van der Waals surface area contributed by atoms with Crippen molar-refractivity contribution in [1.29, 1.82) is 0 Å². The fourth-order valence-electron chi connectivity index (χ4n) is 1.35. The monoisotopic (exact) mass is 301 g/mol. The molecule has 1 atom stereocenters. The minimum absolute atomic E-state index is 0.128. The number of benzene rings is 1. The number of hydrogen-bond acceptors (Lipinski definition) is 3. The summed E-state index contributed by atoms with van der Waals surface area (Å²) in [6, 6.07) is 5.30. The summed E-state index contributed by atoms with van der Waals surface area (Å²) in [7, 11) is 0. The van der Waals surface area contributed by atoms with Gasteiger partial charge in [-0.05, 0) is 32.0 Å². The van der Waals surface area contributed by atoms with Crippen molar-refractivity contribution in [1.82, 2.24) is 5.32 Å². The highest BCUT2D eigenvalue weighted by atomic mass is 79.9. The molecular formula is C12H16BrNO3. The molecule has 4 nitrogen and oxygen atoms in total. The van der Waals surface area contributed by atoms with E-state index in [2.05, 4.69) is 21.2 Å². The lowest BCUT2D eigenvalue weighted by molar-refractivity contribution is -0.127. The first-order valence-electron chi connectivity index (χ1n) is 5.42. The van der Waals surface area contributed by atoms with Crippen molar-refractivity contribution in [2.45, 2.75) is 26.6 Å². The zero-order valence-electron chi connectivity index (χ0n) is 9.87. The van der Waals surface area contributed by atoms with Crippen molar-refractivity contribution in [2.75, 3.05) is 6.54 Å². The molecule has 0 heterocycles. The number of halogens is 1. The van der Waals surface area contributed by atoms with Gasteiger partial charge in [-0.2, -0.15) is 0 Å². The summed E-state index contributed by atoms with van der Waals surface area (Å²) in [5, 5.41) is 11.9. The summed E-state index contributed by atoms with van der Waals surface area (Å²) in [5.74, 6) is 0.355. The molecule has 0 saturated heterocycles. The van der Waals surface area contributed by atoms with Crippen molar-refractivity contribution in [3.8, 4) is 5.75 Å². The lowest BCUT2D eigenvalue weighted by atomic mass is 10.2. The molecule has 1 aromatic rings. The number of carbonyl (C=O) groups is 1. The predicted molar refractivity (Wildman–Crippen MR) is 68.8 cm³/mol. The van der Waals surface area contributed by atoms with E-state index in [1.54, 1.807) is 25.1 Å². The van der Waals surface area contributed by atoms with Crippen LogP contribution in [0.4, 0.5) is 0 Å². The molecule has 0 aliphatic rings. The van der Waals surface area contributed by atoms with Crippen LogP contribution >= 0.6 is 15.9 Å². The van der Waals surface area contributed by atoms with Crippen molar-refractivity contribution >= 4 is 21.8 Å². The molecule has 0 saturated carbocycles. The number of likely N-dealkylation sites (N-methyl/N-ethyl adjacent to an activating group) is 1. The Morgan fingerprint density at radius 1 is 1.59 bits per heavy atom. The molecule has 1 rings (SSSR count). The van der Waals surface area contributed by atoms with Gasteiger partial charge in [-0.3, -0.25) is 4.79 Å². The van der Waals surface area contributed by atoms with Crippen LogP contribution in [0.1, 0.15) is 19.4 Å². The number of rotatable bonds is 5. The third-order valence-corrected chi connectivity index (χ3v) is 2.71. The van der Waals surface area contributed by atoms with E-state index in [1.165, 1.54) is 0 Å². The minimum atomic E-state index is -0.582. The molecule has 1 unspecified atom stereocenters. The standard InChI is InChI=1S/C12H16BrNO3/c1-3-14-12(16)8(2)17-11-5-4-10(13)6-9(11)7-15/h4-6,8,15H,3,7H2,1-2H3,(H,14,16). The average molecular weight is 302 g/mol. The van der Waals surface area contributed by atoms with Gasteiger partial charge >= 0.3 is 0 Å². The first-order valence-corrected chi connectivity index (χ1v) is 6.21. The van der Waals surface area contributed by atoms with Gasteiger partial charge in [0.25, 0.3) is 5.91 Å². The minimum Gasteiger partial charge on any atom is -0.481 e. The zero-order valence-corrected chi connectivity index (χ0v) is 11.5. The maximum absolute atomic E-state index is 11.5. The second-order valence-corrected chi connectivity index (χ2v) is 4.48. The van der Waals surface area contributed by atoms with E-state index in [0.717, 1.165) is 4.47 Å². The second-order valence-electron chi connectivity index (χ2n) is 3.56. The molecule has 1 aromatic carbocycles. The van der Waals surface area contributed by atoms with Gasteiger partial charge in [-0.15, -0.1) is 0 Å². The largest absolute Gasteiger partial charge is 0.481 e. The van der Waals surface area contributed by atoms with Gasteiger partial charge < -0.3 is 15.2 Å². The molecule has 0 aliphatic heterocycles. The van der Waals surface area contributed by atoms with Crippen LogP contribution in [0.2, 0.25) is 0 Å². The smallest absolute Gasteiger partial charge is 0.260 e. The Kier molecular flexibility index (Phi) is 5.44. The van der Waals surface area contributed by atoms with Crippen molar-refractivity contribution in [3.05, 3.63) is 28.2 Å². The molecule has 0 fully saturated rings. The Bertz CT molecular complexity index is 395. The van der Waals surface area contributed by atoms with E-state index in [0.29, 0.717) is 17.9 Å². The molecule has 0 radical (unpaired) electrons. The first kappa shape index (κ1) is 14.0. The summed E-state index contributed by atoms with van der Waals surface area (Å²) in [6.45, 7) is 3.97. The van der Waals surface area contributed by atoms with Gasteiger partial charge in [-0.1, -0.05) is 15.9 Å². The molecule has 2 N–H and O–H groups in total. The van der Waals surface area contributed by atoms with Gasteiger partial charge in [0.1, 0.15) is 5.75 Å². The Balaban J connectivity index is 2.77. The number of ether oxygens (including phenoxy) is 1. The summed E-state index contributed by atoms with van der Waals surface area (Å²) < 4.78 is 6.37. The number of hydrogen-bond donors (Lipinski definition) is 2. The predicted octanol–water partition coefficient (Wildman–Crippen LogP) is 1.84. The molecule has 17 heavy (non-hydrogen) atoms. The van der Waals surface area contributed by atoms with Crippen LogP contribution < -0.4 is 10.1 Å². The molecule has 0 aromatic heterocycles. The van der Waals surface area contributed by atoms with E-state index in [1.807, 2.05) is 6.92 Å². The SMILES string of the molecule is CCNC(=O)C(C)Oc1ccc(Br)cc1CO. The lowest BCUT2D eigenvalue weighted by Crippen LogP contribution is -2.36. The molecule has 94 valence electrons. The highest BCUT2D eigenvalue weighted by molar-refractivity contribution is 9.10. The highest BCUT2D eigenvalue weighted by Gasteiger charge is 2.15. The van der Waals surface area contributed by atoms with E-state index in [-0.39, 0.29) is 12.5 Å². The highest BCUT2D eigenvalue weighted by Crippen LogP contribution is 2.24. The topological polar surface area (TPSA) is 58.6 Å². The van der Waals surface area contributed by atoms with E-state index in [9.17, 15) is 9.90 Å². The summed E-state index contributed by atoms with van der Waals surface area (Å²) in [6.07, 6.45) is -0.582. The van der Waals surface area contributed by atoms with Crippen LogP contribution in [-0.2, 0) is 11.4 Å². The van der Waals surface area contributed by atoms with E-state index >= 15 is 0 Å². The molecule has 5 heteroatoms. The number of carbonyl (C=O) groups excluding carboxylic acids is 1. The Morgan fingerprint density at radius 2 is 2.29 bits per heavy atom. The first-order chi connectivity index (χ1) is 8.08. The van der Waals surface area contributed by atoms with Crippen molar-refractivity contribution in [2.24, 2.45) is 0 Å². The van der Waals surface area contributed by atoms with Crippen LogP contribution in [0, 0.1) is 0 Å². The Morgan fingerprint density at radius 3 is 2.88 bits per heavy atom. The fourth-order valence-corrected chi connectivity index (χ4v) is 1.76. The fraction of sp³-hybridized carbons (Fsp3) is 0.417. The van der Waals surface area contributed by atoms with Crippen LogP contribution in [0.25, 0.3) is 0 Å². The normalized spacial score (nSPS) is 12.0. The summed E-state index contributed by atoms with van der Waals surface area (Å²) in [5.41, 5.74) is 0.649. The number of nitrogens with one attached hydrogen (secondary N) is 1. The van der Waals surface area contributed by atoms with Gasteiger partial charge in [0.2, 0.25) is 0 Å². The maximum atomic E-state index is 11.5. The lowest BCUT2D eigenvalue weighted by Gasteiger charge is -2.16. The van der Waals surface area contributed by atoms with Crippen LogP contribution in [0.3, 0.4) is 0 Å². The van der Waals surface area contributed by atoms with Crippen molar-refractivity contribution < 1.29 is 14.6 Å². The van der Waals surface area contributed by atoms with E-state index < -0.39 is 6.10 Å². The average Bonchev–Trinajstić information content (AvgIpc) is 2.31. The number of aliphatic hydroxyl groups is 1. The van der Waals surface area contributed by atoms with Crippen LogP contribution in [-0.4, -0.2) is 23.7 Å². The molecule has 1 amide bonds. The quantitative estimate of drug-likeness (QED) is 0.872. The van der Waals surface area contributed by atoms with Crippen LogP contribution in [0.15, 0.2) is 22.7 Å². The third kappa shape index (κ3) is 4.02. The summed E-state index contributed by atoms with van der Waals surface area (Å²) in [4.78, 5) is 11.5. The van der Waals surface area contributed by atoms with Crippen LogP contribution in [0.5, 0.6) is 5.75 Å². The summed E-state index contributed by atoms with van der Waals surface area (Å²) >= 11 is 3.31. The third-order valence-electron chi connectivity index (χ3n) is 2.22. The zero-order chi connectivity index (χ0) is 12.8. The number of amides is 1. The van der Waals surface area contributed by atoms with Gasteiger partial charge in [0.05, 0.1) is 6.61 Å². The molecule has 0 aliphatic carbocycles. The van der Waals surface area contributed by atoms with Gasteiger partial charge in [0, 0.05) is 16.6 Å². The second kappa shape index (κ2) is 6.61. The van der Waals surface area contributed by atoms with Gasteiger partial charge in [0.15, 0.2) is 6.10 Å². The Hall–Kier alpha value is -1.07. The molecular weight excluding hydrogens is 286 g/mol. The molecule has 0 spiro atoms. The number of aliphatic hydroxyl groups excluding tert-OH is 1.